The molecule has 2 aromatic rings. The van der Waals surface area contributed by atoms with E-state index in [1.165, 1.54) is 18.2 Å². The van der Waals surface area contributed by atoms with Gasteiger partial charge >= 0.3 is 0 Å². The van der Waals surface area contributed by atoms with E-state index < -0.39 is 11.6 Å². The summed E-state index contributed by atoms with van der Waals surface area (Å²) in [6.07, 6.45) is 0.725. The SMILES string of the molecule is CCNC(=NCc1cc(OC)ccc1O)NC1CCN(c2c(F)cccc2F)C1. The molecule has 29 heavy (non-hydrogen) atoms. The molecule has 1 fully saturated rings. The monoisotopic (exact) mass is 404 g/mol. The van der Waals surface area contributed by atoms with Crippen LogP contribution in [0.2, 0.25) is 0 Å². The van der Waals surface area contributed by atoms with Crippen LogP contribution >= 0.6 is 0 Å². The molecule has 0 radical (unpaired) electrons. The minimum absolute atomic E-state index is 0.00860. The van der Waals surface area contributed by atoms with E-state index in [2.05, 4.69) is 15.6 Å². The van der Waals surface area contributed by atoms with Crippen molar-refractivity contribution in [2.24, 2.45) is 4.99 Å². The van der Waals surface area contributed by atoms with E-state index in [1.54, 1.807) is 30.2 Å². The van der Waals surface area contributed by atoms with Gasteiger partial charge in [0, 0.05) is 31.2 Å². The fourth-order valence-electron chi connectivity index (χ4n) is 3.37. The highest BCUT2D eigenvalue weighted by Crippen LogP contribution is 2.27. The summed E-state index contributed by atoms with van der Waals surface area (Å²) in [5.41, 5.74) is 0.656. The van der Waals surface area contributed by atoms with Gasteiger partial charge in [0.05, 0.1) is 13.7 Å². The Labute approximate surface area is 169 Å². The molecule has 3 rings (SSSR count). The molecule has 0 saturated carbocycles. The van der Waals surface area contributed by atoms with Gasteiger partial charge in [-0.2, -0.15) is 0 Å². The number of rotatable bonds is 6. The van der Waals surface area contributed by atoms with E-state index in [4.69, 9.17) is 4.74 Å². The van der Waals surface area contributed by atoms with Crippen LogP contribution in [0.15, 0.2) is 41.4 Å². The fourth-order valence-corrected chi connectivity index (χ4v) is 3.37. The molecule has 0 bridgehead atoms. The molecule has 1 unspecified atom stereocenters. The lowest BCUT2D eigenvalue weighted by atomic mass is 10.2. The zero-order valence-electron chi connectivity index (χ0n) is 16.6. The van der Waals surface area contributed by atoms with Crippen LogP contribution in [0.25, 0.3) is 0 Å². The van der Waals surface area contributed by atoms with Crippen LogP contribution in [0.5, 0.6) is 11.5 Å². The third kappa shape index (κ3) is 5.07. The van der Waals surface area contributed by atoms with Crippen molar-refractivity contribution in [1.29, 1.82) is 0 Å². The number of aliphatic imine (C=N–C) groups is 1. The third-order valence-corrected chi connectivity index (χ3v) is 4.82. The lowest BCUT2D eigenvalue weighted by molar-refractivity contribution is 0.411. The maximum absolute atomic E-state index is 14.0. The van der Waals surface area contributed by atoms with Gasteiger partial charge in [-0.05, 0) is 43.7 Å². The Morgan fingerprint density at radius 1 is 1.28 bits per heavy atom. The van der Waals surface area contributed by atoms with Gasteiger partial charge in [0.25, 0.3) is 0 Å². The summed E-state index contributed by atoms with van der Waals surface area (Å²) in [5, 5.41) is 16.5. The molecule has 1 heterocycles. The zero-order chi connectivity index (χ0) is 20.8. The van der Waals surface area contributed by atoms with Gasteiger partial charge in [-0.25, -0.2) is 13.8 Å². The van der Waals surface area contributed by atoms with Crippen molar-refractivity contribution < 1.29 is 18.6 Å². The predicted octanol–water partition coefficient (Wildman–Crippen LogP) is 3.01. The van der Waals surface area contributed by atoms with Crippen LogP contribution in [0.1, 0.15) is 18.9 Å². The van der Waals surface area contributed by atoms with Gasteiger partial charge in [0.1, 0.15) is 28.8 Å². The number of halogens is 2. The average molecular weight is 404 g/mol. The first-order valence-corrected chi connectivity index (χ1v) is 9.61. The summed E-state index contributed by atoms with van der Waals surface area (Å²) < 4.78 is 33.3. The van der Waals surface area contributed by atoms with Crippen LogP contribution in [0.3, 0.4) is 0 Å². The third-order valence-electron chi connectivity index (χ3n) is 4.82. The Bertz CT molecular complexity index is 856. The van der Waals surface area contributed by atoms with E-state index in [0.29, 0.717) is 36.9 Å². The van der Waals surface area contributed by atoms with Crippen molar-refractivity contribution in [1.82, 2.24) is 10.6 Å². The highest BCUT2D eigenvalue weighted by Gasteiger charge is 2.27. The number of para-hydroxylation sites is 1. The van der Waals surface area contributed by atoms with Crippen LogP contribution in [0.4, 0.5) is 14.5 Å². The molecule has 1 aliphatic heterocycles. The van der Waals surface area contributed by atoms with E-state index in [-0.39, 0.29) is 24.0 Å². The minimum atomic E-state index is -0.556. The second-order valence-electron chi connectivity index (χ2n) is 6.84. The number of aromatic hydroxyl groups is 1. The number of guanidine groups is 1. The van der Waals surface area contributed by atoms with Crippen LogP contribution in [-0.2, 0) is 6.54 Å². The van der Waals surface area contributed by atoms with Crippen LogP contribution < -0.4 is 20.3 Å². The molecule has 1 saturated heterocycles. The van der Waals surface area contributed by atoms with Gasteiger partial charge in [-0.15, -0.1) is 0 Å². The highest BCUT2D eigenvalue weighted by atomic mass is 19.1. The molecule has 0 aliphatic carbocycles. The summed E-state index contributed by atoms with van der Waals surface area (Å²) in [6, 6.07) is 8.88. The minimum Gasteiger partial charge on any atom is -0.508 e. The first-order valence-electron chi connectivity index (χ1n) is 9.61. The first-order chi connectivity index (χ1) is 14.0. The maximum atomic E-state index is 14.0. The molecular formula is C21H26F2N4O2. The van der Waals surface area contributed by atoms with E-state index in [1.807, 2.05) is 6.92 Å². The van der Waals surface area contributed by atoms with Gasteiger partial charge < -0.3 is 25.4 Å². The molecule has 6 nitrogen and oxygen atoms in total. The fraction of sp³-hybridized carbons (Fsp3) is 0.381. The topological polar surface area (TPSA) is 69.1 Å². The van der Waals surface area contributed by atoms with Crippen molar-refractivity contribution in [2.45, 2.75) is 25.9 Å². The van der Waals surface area contributed by atoms with E-state index >= 15 is 0 Å². The van der Waals surface area contributed by atoms with E-state index in [0.717, 1.165) is 6.42 Å². The second kappa shape index (κ2) is 9.45. The number of phenols is 1. The summed E-state index contributed by atoms with van der Waals surface area (Å²) >= 11 is 0. The summed E-state index contributed by atoms with van der Waals surface area (Å²) in [5.74, 6) is 0.256. The number of methoxy groups -OCH3 is 1. The van der Waals surface area contributed by atoms with Gasteiger partial charge in [-0.3, -0.25) is 0 Å². The van der Waals surface area contributed by atoms with E-state index in [9.17, 15) is 13.9 Å². The van der Waals surface area contributed by atoms with Crippen molar-refractivity contribution in [2.75, 3.05) is 31.6 Å². The quantitative estimate of drug-likeness (QED) is 0.510. The molecule has 0 amide bonds. The zero-order valence-corrected chi connectivity index (χ0v) is 16.6. The maximum Gasteiger partial charge on any atom is 0.191 e. The number of hydrogen-bond donors (Lipinski definition) is 3. The summed E-state index contributed by atoms with van der Waals surface area (Å²) in [6.45, 7) is 3.89. The average Bonchev–Trinajstić information content (AvgIpc) is 3.15. The number of nitrogens with zero attached hydrogens (tertiary/aromatic N) is 2. The molecule has 1 atom stereocenters. The molecule has 1 aliphatic rings. The first kappa shape index (κ1) is 20.7. The lowest BCUT2D eigenvalue weighted by Crippen LogP contribution is -2.44. The molecule has 0 aromatic heterocycles. The second-order valence-corrected chi connectivity index (χ2v) is 6.84. The molecule has 3 N–H and O–H groups in total. The molecular weight excluding hydrogens is 378 g/mol. The van der Waals surface area contributed by atoms with Gasteiger partial charge in [-0.1, -0.05) is 6.07 Å². The lowest BCUT2D eigenvalue weighted by Gasteiger charge is -2.21. The molecule has 156 valence electrons. The normalized spacial score (nSPS) is 16.8. The Morgan fingerprint density at radius 2 is 2.03 bits per heavy atom. The Hall–Kier alpha value is -3.03. The van der Waals surface area contributed by atoms with Gasteiger partial charge in [0.15, 0.2) is 5.96 Å². The highest BCUT2D eigenvalue weighted by molar-refractivity contribution is 5.80. The number of anilines is 1. The smallest absolute Gasteiger partial charge is 0.191 e. The Morgan fingerprint density at radius 3 is 2.72 bits per heavy atom. The number of phenolic OH excluding ortho intramolecular Hbond substituents is 1. The predicted molar refractivity (Wildman–Crippen MR) is 110 cm³/mol. The molecule has 8 heteroatoms. The number of benzene rings is 2. The van der Waals surface area contributed by atoms with Crippen molar-refractivity contribution in [3.63, 3.8) is 0 Å². The van der Waals surface area contributed by atoms with Crippen LogP contribution in [-0.4, -0.2) is 43.9 Å². The molecule has 0 spiro atoms. The molecule has 2 aromatic carbocycles. The van der Waals surface area contributed by atoms with Crippen molar-refractivity contribution in [3.8, 4) is 11.5 Å². The Kier molecular flexibility index (Phi) is 6.74. The number of nitrogens with one attached hydrogen (secondary N) is 2. The summed E-state index contributed by atoms with van der Waals surface area (Å²) in [7, 11) is 1.56. The Balaban J connectivity index is 1.67. The van der Waals surface area contributed by atoms with Gasteiger partial charge in [0.2, 0.25) is 0 Å². The number of ether oxygens (including phenoxy) is 1. The van der Waals surface area contributed by atoms with Crippen LogP contribution in [0, 0.1) is 11.6 Å². The largest absolute Gasteiger partial charge is 0.508 e. The summed E-state index contributed by atoms with van der Waals surface area (Å²) in [4.78, 5) is 6.24. The number of hydrogen-bond acceptors (Lipinski definition) is 4. The standard InChI is InChI=1S/C21H26F2N4O2/c1-3-24-21(25-12-14-11-16(29-2)7-8-19(14)28)26-15-9-10-27(13-15)20-17(22)5-4-6-18(20)23/h4-8,11,15,28H,3,9-10,12-13H2,1-2H3,(H2,24,25,26). The van der Waals surface area contributed by atoms with Crippen molar-refractivity contribution >= 4 is 11.6 Å². The van der Waals surface area contributed by atoms with Crippen molar-refractivity contribution in [3.05, 3.63) is 53.6 Å².